The van der Waals surface area contributed by atoms with Crippen LogP contribution in [0.3, 0.4) is 0 Å². The fraction of sp³-hybridized carbons (Fsp3) is 0.0667. The van der Waals surface area contributed by atoms with E-state index in [1.807, 2.05) is 42.5 Å². The minimum atomic E-state index is 0.483. The zero-order valence-electron chi connectivity index (χ0n) is 10.2. The third-order valence-corrected chi connectivity index (χ3v) is 3.62. The number of H-pyrrole nitrogens is 1. The summed E-state index contributed by atoms with van der Waals surface area (Å²) in [4.78, 5) is 3.29. The van der Waals surface area contributed by atoms with Crippen LogP contribution < -0.4 is 10.5 Å². The summed E-state index contributed by atoms with van der Waals surface area (Å²) in [6.45, 7) is 0.483. The second-order valence-corrected chi connectivity index (χ2v) is 5.18. The summed E-state index contributed by atoms with van der Waals surface area (Å²) in [5.41, 5.74) is 8.64. The van der Waals surface area contributed by atoms with E-state index in [0.717, 1.165) is 32.5 Å². The van der Waals surface area contributed by atoms with Crippen molar-refractivity contribution in [2.75, 3.05) is 5.73 Å². The van der Waals surface area contributed by atoms with E-state index in [1.165, 1.54) is 0 Å². The van der Waals surface area contributed by atoms with Crippen LogP contribution >= 0.6 is 15.9 Å². The van der Waals surface area contributed by atoms with Crippen LogP contribution in [0.4, 0.5) is 5.69 Å². The number of benzene rings is 2. The Kier molecular flexibility index (Phi) is 3.17. The predicted octanol–water partition coefficient (Wildman–Crippen LogP) is 4.09. The van der Waals surface area contributed by atoms with E-state index in [0.29, 0.717) is 6.61 Å². The average Bonchev–Trinajstić information content (AvgIpc) is 2.82. The molecular weight excluding hydrogens is 304 g/mol. The fourth-order valence-electron chi connectivity index (χ4n) is 2.03. The molecule has 3 rings (SSSR count). The van der Waals surface area contributed by atoms with Crippen LogP contribution in [0.25, 0.3) is 10.9 Å². The van der Waals surface area contributed by atoms with Crippen LogP contribution in [0.15, 0.2) is 53.0 Å². The number of nitrogens with one attached hydrogen (secondary N) is 1. The number of aromatic nitrogens is 1. The zero-order chi connectivity index (χ0) is 13.2. The first-order valence-electron chi connectivity index (χ1n) is 5.97. The number of para-hydroxylation sites is 2. The molecule has 2 aromatic carbocycles. The van der Waals surface area contributed by atoms with Crippen LogP contribution in [0.5, 0.6) is 5.75 Å². The van der Waals surface area contributed by atoms with Crippen molar-refractivity contribution in [3.63, 3.8) is 0 Å². The lowest BCUT2D eigenvalue weighted by Crippen LogP contribution is -1.96. The molecule has 0 amide bonds. The van der Waals surface area contributed by atoms with Gasteiger partial charge >= 0.3 is 0 Å². The van der Waals surface area contributed by atoms with Gasteiger partial charge in [0.05, 0.1) is 21.4 Å². The Morgan fingerprint density at radius 1 is 1.11 bits per heavy atom. The fourth-order valence-corrected chi connectivity index (χ4v) is 2.43. The molecule has 0 aliphatic heterocycles. The Morgan fingerprint density at radius 2 is 1.95 bits per heavy atom. The highest BCUT2D eigenvalue weighted by atomic mass is 79.9. The smallest absolute Gasteiger partial charge is 0.134 e. The van der Waals surface area contributed by atoms with Crippen molar-refractivity contribution >= 4 is 32.5 Å². The number of anilines is 1. The molecule has 0 aliphatic rings. The monoisotopic (exact) mass is 316 g/mol. The number of hydrogen-bond donors (Lipinski definition) is 2. The molecule has 0 radical (unpaired) electrons. The van der Waals surface area contributed by atoms with Crippen LogP contribution in [0.2, 0.25) is 0 Å². The molecule has 0 spiro atoms. The van der Waals surface area contributed by atoms with E-state index < -0.39 is 0 Å². The molecule has 0 saturated carbocycles. The minimum Gasteiger partial charge on any atom is -0.486 e. The molecule has 4 heteroatoms. The molecule has 0 atom stereocenters. The lowest BCUT2D eigenvalue weighted by atomic mass is 10.2. The summed E-state index contributed by atoms with van der Waals surface area (Å²) < 4.78 is 6.72. The molecule has 0 unspecified atom stereocenters. The Hall–Kier alpha value is -1.94. The van der Waals surface area contributed by atoms with Gasteiger partial charge in [0.25, 0.3) is 0 Å². The summed E-state index contributed by atoms with van der Waals surface area (Å²) in [7, 11) is 0. The van der Waals surface area contributed by atoms with Crippen LogP contribution in [0.1, 0.15) is 5.69 Å². The van der Waals surface area contributed by atoms with E-state index in [2.05, 4.69) is 27.0 Å². The zero-order valence-corrected chi connectivity index (χ0v) is 11.8. The number of halogens is 1. The van der Waals surface area contributed by atoms with Crippen molar-refractivity contribution in [1.29, 1.82) is 0 Å². The third-order valence-electron chi connectivity index (χ3n) is 2.96. The molecule has 3 N–H and O–H groups in total. The van der Waals surface area contributed by atoms with E-state index in [1.54, 1.807) is 0 Å². The quantitative estimate of drug-likeness (QED) is 0.715. The maximum absolute atomic E-state index is 5.92. The van der Waals surface area contributed by atoms with Crippen molar-refractivity contribution < 1.29 is 4.74 Å². The molecule has 0 saturated heterocycles. The van der Waals surface area contributed by atoms with Gasteiger partial charge in [-0.15, -0.1) is 0 Å². The summed E-state index contributed by atoms with van der Waals surface area (Å²) in [5.74, 6) is 0.828. The van der Waals surface area contributed by atoms with Gasteiger partial charge in [-0.25, -0.2) is 0 Å². The summed E-state index contributed by atoms with van der Waals surface area (Å²) in [5, 5.41) is 1.10. The maximum Gasteiger partial charge on any atom is 0.134 e. The molecule has 3 aromatic rings. The highest BCUT2D eigenvalue weighted by Crippen LogP contribution is 2.26. The average molecular weight is 317 g/mol. The van der Waals surface area contributed by atoms with Gasteiger partial charge < -0.3 is 15.5 Å². The number of ether oxygens (including phenoxy) is 1. The number of hydrogen-bond acceptors (Lipinski definition) is 2. The molecule has 0 aliphatic carbocycles. The second-order valence-electron chi connectivity index (χ2n) is 4.33. The molecule has 96 valence electrons. The topological polar surface area (TPSA) is 51.0 Å². The van der Waals surface area contributed by atoms with Crippen molar-refractivity contribution in [2.24, 2.45) is 0 Å². The van der Waals surface area contributed by atoms with E-state index >= 15 is 0 Å². The molecular formula is C15H13BrN2O. The van der Waals surface area contributed by atoms with Gasteiger partial charge in [0, 0.05) is 5.39 Å². The van der Waals surface area contributed by atoms with Gasteiger partial charge in [0.2, 0.25) is 0 Å². The number of rotatable bonds is 3. The van der Waals surface area contributed by atoms with Crippen LogP contribution in [-0.4, -0.2) is 4.98 Å². The number of nitrogens with two attached hydrogens (primary N) is 1. The van der Waals surface area contributed by atoms with Gasteiger partial charge in [0.1, 0.15) is 12.4 Å². The lowest BCUT2D eigenvalue weighted by Gasteiger charge is -2.06. The van der Waals surface area contributed by atoms with Crippen LogP contribution in [0, 0.1) is 0 Å². The first kappa shape index (κ1) is 12.1. The summed E-state index contributed by atoms with van der Waals surface area (Å²) in [6, 6.07) is 15.7. The predicted molar refractivity (Wildman–Crippen MR) is 81.2 cm³/mol. The van der Waals surface area contributed by atoms with Gasteiger partial charge in [-0.1, -0.05) is 24.3 Å². The number of aromatic amines is 1. The van der Waals surface area contributed by atoms with Crippen molar-refractivity contribution in [3.8, 4) is 5.75 Å². The van der Waals surface area contributed by atoms with Gasteiger partial charge in [0.15, 0.2) is 0 Å². The molecule has 3 nitrogen and oxygen atoms in total. The highest BCUT2D eigenvalue weighted by Gasteiger charge is 2.05. The molecule has 1 heterocycles. The third kappa shape index (κ3) is 2.44. The standard InChI is InChI=1S/C15H13BrN2O/c16-12-5-1-2-7-14(12)19-9-11-8-10-4-3-6-13(17)15(10)18-11/h1-8,18H,9,17H2. The van der Waals surface area contributed by atoms with Crippen molar-refractivity contribution in [1.82, 2.24) is 4.98 Å². The van der Waals surface area contributed by atoms with Crippen LogP contribution in [-0.2, 0) is 6.61 Å². The SMILES string of the molecule is Nc1cccc2cc(COc3ccccc3Br)[nH]c12. The van der Waals surface area contributed by atoms with E-state index in [9.17, 15) is 0 Å². The largest absolute Gasteiger partial charge is 0.486 e. The molecule has 1 aromatic heterocycles. The van der Waals surface area contributed by atoms with E-state index in [4.69, 9.17) is 10.5 Å². The Bertz CT molecular complexity index is 721. The van der Waals surface area contributed by atoms with Crippen molar-refractivity contribution in [3.05, 3.63) is 58.7 Å². The number of fused-ring (bicyclic) bond motifs is 1. The second kappa shape index (κ2) is 4.97. The summed E-state index contributed by atoms with van der Waals surface area (Å²) >= 11 is 3.46. The van der Waals surface area contributed by atoms with E-state index in [-0.39, 0.29) is 0 Å². The Balaban J connectivity index is 1.83. The first-order chi connectivity index (χ1) is 9.24. The van der Waals surface area contributed by atoms with Crippen molar-refractivity contribution in [2.45, 2.75) is 6.61 Å². The Labute approximate surface area is 119 Å². The number of nitrogen functional groups attached to an aromatic ring is 1. The molecule has 0 fully saturated rings. The molecule has 0 bridgehead atoms. The normalized spacial score (nSPS) is 10.8. The van der Waals surface area contributed by atoms with Gasteiger partial charge in [-0.3, -0.25) is 0 Å². The summed E-state index contributed by atoms with van der Waals surface area (Å²) in [6.07, 6.45) is 0. The van der Waals surface area contributed by atoms with Gasteiger partial charge in [-0.2, -0.15) is 0 Å². The maximum atomic E-state index is 5.92. The lowest BCUT2D eigenvalue weighted by molar-refractivity contribution is 0.300. The first-order valence-corrected chi connectivity index (χ1v) is 6.77. The van der Waals surface area contributed by atoms with Gasteiger partial charge in [-0.05, 0) is 40.2 Å². The molecule has 19 heavy (non-hydrogen) atoms. The highest BCUT2D eigenvalue weighted by molar-refractivity contribution is 9.10. The Morgan fingerprint density at radius 3 is 2.74 bits per heavy atom. The minimum absolute atomic E-state index is 0.483.